The molecule has 0 radical (unpaired) electrons. The number of benzene rings is 1. The molecule has 0 saturated carbocycles. The smallest absolute Gasteiger partial charge is 0.185 e. The first kappa shape index (κ1) is 7.54. The zero-order valence-corrected chi connectivity index (χ0v) is 5.95. The molecule has 2 nitrogen and oxygen atoms in total. The third-order valence-corrected chi connectivity index (χ3v) is 1.32. The molecule has 1 rings (SSSR count). The van der Waals surface area contributed by atoms with Crippen molar-refractivity contribution in [3.8, 4) is 5.75 Å². The van der Waals surface area contributed by atoms with Crippen molar-refractivity contribution in [3.63, 3.8) is 0 Å². The van der Waals surface area contributed by atoms with E-state index in [0.717, 1.165) is 0 Å². The highest BCUT2D eigenvalue weighted by atomic mass is 16.3. The molecule has 11 heavy (non-hydrogen) atoms. The van der Waals surface area contributed by atoms with Gasteiger partial charge < -0.3 is 5.11 Å². The number of rotatable bonds is 2. The van der Waals surface area contributed by atoms with Gasteiger partial charge in [0.1, 0.15) is 5.75 Å². The molecule has 0 saturated heterocycles. The predicted molar refractivity (Wildman–Crippen MR) is 42.6 cm³/mol. The third-order valence-electron chi connectivity index (χ3n) is 1.32. The Balaban J connectivity index is 3.05. The van der Waals surface area contributed by atoms with Gasteiger partial charge in [0.05, 0.1) is 0 Å². The standard InChI is InChI=1S/C9H8O2/c1-2-9(11)7-4-3-5-8(10)6-7/h2-6,10H,1H2. The summed E-state index contributed by atoms with van der Waals surface area (Å²) in [4.78, 5) is 10.9. The lowest BCUT2D eigenvalue weighted by atomic mass is 10.1. The lowest BCUT2D eigenvalue weighted by molar-refractivity contribution is 0.104. The predicted octanol–water partition coefficient (Wildman–Crippen LogP) is 1.76. The van der Waals surface area contributed by atoms with E-state index in [-0.39, 0.29) is 11.5 Å². The summed E-state index contributed by atoms with van der Waals surface area (Å²) >= 11 is 0. The molecule has 0 spiro atoms. The topological polar surface area (TPSA) is 37.3 Å². The van der Waals surface area contributed by atoms with E-state index in [0.29, 0.717) is 5.56 Å². The van der Waals surface area contributed by atoms with Crippen molar-refractivity contribution in [2.45, 2.75) is 0 Å². The van der Waals surface area contributed by atoms with Gasteiger partial charge >= 0.3 is 0 Å². The monoisotopic (exact) mass is 148 g/mol. The number of hydrogen-bond donors (Lipinski definition) is 1. The molecule has 56 valence electrons. The fourth-order valence-electron chi connectivity index (χ4n) is 0.777. The van der Waals surface area contributed by atoms with Gasteiger partial charge in [-0.25, -0.2) is 0 Å². The highest BCUT2D eigenvalue weighted by molar-refractivity contribution is 6.04. The quantitative estimate of drug-likeness (QED) is 0.512. The molecule has 2 heteroatoms. The molecule has 0 heterocycles. The zero-order valence-electron chi connectivity index (χ0n) is 5.95. The Kier molecular flexibility index (Phi) is 2.06. The van der Waals surface area contributed by atoms with E-state index in [1.807, 2.05) is 0 Å². The lowest BCUT2D eigenvalue weighted by Gasteiger charge is -1.94. The van der Waals surface area contributed by atoms with Crippen molar-refractivity contribution in [1.29, 1.82) is 0 Å². The summed E-state index contributed by atoms with van der Waals surface area (Å²) in [5.41, 5.74) is 0.458. The molecule has 0 aliphatic carbocycles. The van der Waals surface area contributed by atoms with Gasteiger partial charge in [-0.1, -0.05) is 18.7 Å². The third kappa shape index (κ3) is 1.67. The van der Waals surface area contributed by atoms with Crippen LogP contribution >= 0.6 is 0 Å². The van der Waals surface area contributed by atoms with E-state index in [1.165, 1.54) is 18.2 Å². The Morgan fingerprint density at radius 1 is 1.55 bits per heavy atom. The summed E-state index contributed by atoms with van der Waals surface area (Å²) in [5.74, 6) is -0.0846. The highest BCUT2D eigenvalue weighted by Crippen LogP contribution is 2.11. The van der Waals surface area contributed by atoms with Crippen LogP contribution < -0.4 is 0 Å². The van der Waals surface area contributed by atoms with E-state index in [1.54, 1.807) is 12.1 Å². The molecule has 1 N–H and O–H groups in total. The van der Waals surface area contributed by atoms with Crippen molar-refractivity contribution in [2.24, 2.45) is 0 Å². The maximum atomic E-state index is 10.9. The molecule has 0 bridgehead atoms. The molecule has 0 aromatic heterocycles. The summed E-state index contributed by atoms with van der Waals surface area (Å²) in [6, 6.07) is 6.17. The van der Waals surface area contributed by atoms with Crippen LogP contribution in [0.5, 0.6) is 5.75 Å². The van der Waals surface area contributed by atoms with Gasteiger partial charge in [-0.15, -0.1) is 0 Å². The largest absolute Gasteiger partial charge is 0.508 e. The molecule has 0 atom stereocenters. The molecule has 1 aromatic rings. The van der Waals surface area contributed by atoms with Crippen molar-refractivity contribution in [2.75, 3.05) is 0 Å². The summed E-state index contributed by atoms with van der Waals surface area (Å²) in [6.07, 6.45) is 1.22. The summed E-state index contributed by atoms with van der Waals surface area (Å²) in [6.45, 7) is 3.34. The van der Waals surface area contributed by atoms with Crippen molar-refractivity contribution < 1.29 is 9.90 Å². The molecular weight excluding hydrogens is 140 g/mol. The highest BCUT2D eigenvalue weighted by Gasteiger charge is 1.99. The van der Waals surface area contributed by atoms with Crippen LogP contribution in [0, 0.1) is 0 Å². The van der Waals surface area contributed by atoms with Crippen LogP contribution in [0.15, 0.2) is 36.9 Å². The average Bonchev–Trinajstić information content (AvgIpc) is 2.03. The second kappa shape index (κ2) is 3.01. The summed E-state index contributed by atoms with van der Waals surface area (Å²) in [5, 5.41) is 8.97. The second-order valence-electron chi connectivity index (χ2n) is 2.12. The first-order chi connectivity index (χ1) is 5.24. The van der Waals surface area contributed by atoms with Crippen LogP contribution in [0.2, 0.25) is 0 Å². The second-order valence-corrected chi connectivity index (χ2v) is 2.12. The fourth-order valence-corrected chi connectivity index (χ4v) is 0.777. The fraction of sp³-hybridized carbons (Fsp3) is 0. The van der Waals surface area contributed by atoms with Crippen LogP contribution in [-0.4, -0.2) is 10.9 Å². The Morgan fingerprint density at radius 3 is 2.82 bits per heavy atom. The van der Waals surface area contributed by atoms with Gasteiger partial charge in [0.25, 0.3) is 0 Å². The van der Waals surface area contributed by atoms with E-state index >= 15 is 0 Å². The number of phenols is 1. The number of allylic oxidation sites excluding steroid dienone is 1. The van der Waals surface area contributed by atoms with E-state index in [2.05, 4.69) is 6.58 Å². The van der Waals surface area contributed by atoms with E-state index in [9.17, 15) is 4.79 Å². The Hall–Kier alpha value is -1.57. The van der Waals surface area contributed by atoms with Gasteiger partial charge in [0.15, 0.2) is 5.78 Å². The van der Waals surface area contributed by atoms with Crippen LogP contribution in [-0.2, 0) is 0 Å². The number of ketones is 1. The molecule has 0 fully saturated rings. The number of carbonyl (C=O) groups is 1. The molecule has 1 aromatic carbocycles. The van der Waals surface area contributed by atoms with Crippen LogP contribution in [0.4, 0.5) is 0 Å². The van der Waals surface area contributed by atoms with Gasteiger partial charge in [0, 0.05) is 5.56 Å². The molecular formula is C9H8O2. The maximum absolute atomic E-state index is 10.9. The minimum atomic E-state index is -0.180. The molecule has 0 unspecified atom stereocenters. The number of hydrogen-bond acceptors (Lipinski definition) is 2. The number of phenolic OH excluding ortho intramolecular Hbond substituents is 1. The minimum Gasteiger partial charge on any atom is -0.508 e. The summed E-state index contributed by atoms with van der Waals surface area (Å²) < 4.78 is 0. The zero-order chi connectivity index (χ0) is 8.27. The lowest BCUT2D eigenvalue weighted by Crippen LogP contribution is -1.91. The van der Waals surface area contributed by atoms with E-state index in [4.69, 9.17) is 5.11 Å². The van der Waals surface area contributed by atoms with Crippen LogP contribution in [0.3, 0.4) is 0 Å². The van der Waals surface area contributed by atoms with Gasteiger partial charge in [0.2, 0.25) is 0 Å². The van der Waals surface area contributed by atoms with Crippen molar-refractivity contribution in [1.82, 2.24) is 0 Å². The molecule has 0 aliphatic rings. The van der Waals surface area contributed by atoms with Gasteiger partial charge in [-0.3, -0.25) is 4.79 Å². The van der Waals surface area contributed by atoms with Crippen molar-refractivity contribution >= 4 is 5.78 Å². The minimum absolute atomic E-state index is 0.0951. The van der Waals surface area contributed by atoms with Crippen LogP contribution in [0.1, 0.15) is 10.4 Å². The van der Waals surface area contributed by atoms with Gasteiger partial charge in [-0.05, 0) is 18.2 Å². The van der Waals surface area contributed by atoms with Crippen molar-refractivity contribution in [3.05, 3.63) is 42.5 Å². The first-order valence-corrected chi connectivity index (χ1v) is 3.20. The SMILES string of the molecule is C=CC(=O)c1cccc(O)c1. The van der Waals surface area contributed by atoms with E-state index < -0.39 is 0 Å². The molecule has 0 amide bonds. The maximum Gasteiger partial charge on any atom is 0.185 e. The Morgan fingerprint density at radius 2 is 2.27 bits per heavy atom. The van der Waals surface area contributed by atoms with Crippen LogP contribution in [0.25, 0.3) is 0 Å². The number of carbonyl (C=O) groups excluding carboxylic acids is 1. The summed E-state index contributed by atoms with van der Waals surface area (Å²) in [7, 11) is 0. The Bertz CT molecular complexity index is 289. The number of aromatic hydroxyl groups is 1. The normalized spacial score (nSPS) is 9.09. The first-order valence-electron chi connectivity index (χ1n) is 3.20. The van der Waals surface area contributed by atoms with Gasteiger partial charge in [-0.2, -0.15) is 0 Å². The molecule has 0 aliphatic heterocycles. The Labute approximate surface area is 64.8 Å². The average molecular weight is 148 g/mol.